The molecule has 4 amide bonds. The molecule has 0 aliphatic heterocycles. The van der Waals surface area contributed by atoms with Crippen molar-refractivity contribution in [2.45, 2.75) is 39.3 Å². The van der Waals surface area contributed by atoms with Crippen LogP contribution < -0.4 is 65.3 Å². The first kappa shape index (κ1) is 101. The third-order valence-electron chi connectivity index (χ3n) is 17.9. The highest BCUT2D eigenvalue weighted by Crippen LogP contribution is 2.37. The maximum absolute atomic E-state index is 12.3. The van der Waals surface area contributed by atoms with Crippen LogP contribution >= 0.6 is 46.4 Å². The number of methoxy groups -OCH3 is 8. The average Bonchev–Trinajstić information content (AvgIpc) is 0.830. The monoisotopic (exact) mass is 1830 g/mol. The largest absolute Gasteiger partial charge is 0.506 e. The number of aliphatic carboxylic acids is 1. The van der Waals surface area contributed by atoms with Crippen LogP contribution in [0.3, 0.4) is 0 Å². The number of nitrogens with zero attached hydrogens (tertiary/aromatic N) is 6. The predicted molar refractivity (Wildman–Crippen MR) is 499 cm³/mol. The summed E-state index contributed by atoms with van der Waals surface area (Å²) in [7, 11) is 14.2. The van der Waals surface area contributed by atoms with Crippen LogP contribution in [-0.4, -0.2) is 186 Å². The fourth-order valence-electron chi connectivity index (χ4n) is 11.2. The van der Waals surface area contributed by atoms with E-state index in [9.17, 15) is 44.4 Å². The second kappa shape index (κ2) is 52.8. The molecular weight excluding hydrogens is 1740 g/mol. The molecular formula is C96H93Cl4N11O18. The van der Waals surface area contributed by atoms with Crippen LogP contribution in [0.2, 0.25) is 20.1 Å². The maximum Gasteiger partial charge on any atom is 0.321 e. The number of carboxylic acid groups (broad SMARTS) is 1. The van der Waals surface area contributed by atoms with Crippen LogP contribution in [0.4, 0.5) is 0 Å². The average molecular weight is 1830 g/mol. The SMILES string of the molecule is CCN(CC)CC#Cc1cc(/C=N/NC(=O)c2ccc(O)c(Cl)c2)cc(OC)c1OC.COc1cc(/C=N/NC(=O)c2ccc(O)c(Cl)c2)cc(C#CCC(N)C(=O)O)c1OC.COc1cc(/C=N/NC(=O)c2ccc(O)c(Cl)c2)cc(C#CCN(C)Cc2ccccc2)c1OC.COc1cc(/C=N/NC(=O)c2ccc(O)c(Cl)c2)cc(C#CCc2ccccc2)c1OC. The van der Waals surface area contributed by atoms with Gasteiger partial charge < -0.3 is 69.2 Å². The van der Waals surface area contributed by atoms with Crippen LogP contribution in [0.5, 0.6) is 69.0 Å². The van der Waals surface area contributed by atoms with E-state index in [-0.39, 0.29) is 71.8 Å². The zero-order valence-electron chi connectivity index (χ0n) is 72.0. The van der Waals surface area contributed by atoms with Gasteiger partial charge >= 0.3 is 5.97 Å². The first-order chi connectivity index (χ1) is 62.1. The Kier molecular flexibility index (Phi) is 41.4. The third kappa shape index (κ3) is 31.9. The molecule has 0 aromatic heterocycles. The highest BCUT2D eigenvalue weighted by molar-refractivity contribution is 6.33. The van der Waals surface area contributed by atoms with Crippen LogP contribution in [0, 0.1) is 47.4 Å². The highest BCUT2D eigenvalue weighted by atomic mass is 35.5. The summed E-state index contributed by atoms with van der Waals surface area (Å²) in [6.45, 7) is 8.01. The third-order valence-corrected chi connectivity index (χ3v) is 19.1. The highest BCUT2D eigenvalue weighted by Gasteiger charge is 2.19. The number of aromatic hydroxyl groups is 4. The zero-order valence-corrected chi connectivity index (χ0v) is 75.0. The second-order valence-corrected chi connectivity index (χ2v) is 28.4. The van der Waals surface area contributed by atoms with Gasteiger partial charge in [-0.3, -0.25) is 33.8 Å². The lowest BCUT2D eigenvalue weighted by atomic mass is 10.1. The van der Waals surface area contributed by atoms with E-state index in [4.69, 9.17) is 95.1 Å². The molecule has 129 heavy (non-hydrogen) atoms. The Labute approximate surface area is 767 Å². The number of hydrogen-bond acceptors (Lipinski definition) is 24. The van der Waals surface area contributed by atoms with E-state index in [1.165, 1.54) is 125 Å². The number of nitrogens with two attached hydrogens (primary N) is 1. The van der Waals surface area contributed by atoms with Gasteiger partial charge in [-0.25, -0.2) is 21.7 Å². The van der Waals surface area contributed by atoms with Crippen LogP contribution in [0.15, 0.2) is 202 Å². The lowest BCUT2D eigenvalue weighted by Gasteiger charge is -2.13. The van der Waals surface area contributed by atoms with Crippen molar-refractivity contribution in [3.8, 4) is 116 Å². The molecule has 0 spiro atoms. The Balaban J connectivity index is 0.000000236. The van der Waals surface area contributed by atoms with Gasteiger partial charge in [0.25, 0.3) is 23.6 Å². The van der Waals surface area contributed by atoms with Gasteiger partial charge in [0, 0.05) is 41.6 Å². The van der Waals surface area contributed by atoms with Crippen molar-refractivity contribution < 1.29 is 87.4 Å². The number of phenolic OH excluding ortho intramolecular Hbond substituents is 4. The minimum atomic E-state index is -1.15. The lowest BCUT2D eigenvalue weighted by molar-refractivity contribution is -0.138. The van der Waals surface area contributed by atoms with Gasteiger partial charge in [-0.2, -0.15) is 20.4 Å². The molecule has 1 unspecified atom stereocenters. The second-order valence-electron chi connectivity index (χ2n) is 26.8. The van der Waals surface area contributed by atoms with E-state index in [1.54, 1.807) is 78.0 Å². The summed E-state index contributed by atoms with van der Waals surface area (Å²) in [5.74, 6) is 24.7. The van der Waals surface area contributed by atoms with Gasteiger partial charge in [0.05, 0.1) is 137 Å². The molecule has 0 bridgehead atoms. The number of hydrazone groups is 4. The van der Waals surface area contributed by atoms with Crippen LogP contribution in [0.25, 0.3) is 0 Å². The quantitative estimate of drug-likeness (QED) is 0.0118. The smallest absolute Gasteiger partial charge is 0.321 e. The van der Waals surface area contributed by atoms with Crippen molar-refractivity contribution >= 4 is 101 Å². The summed E-state index contributed by atoms with van der Waals surface area (Å²) < 4.78 is 43.4. The van der Waals surface area contributed by atoms with Crippen molar-refractivity contribution in [1.82, 2.24) is 31.5 Å². The standard InChI is InChI=1S/C27H26ClN3O4.C25H21ClN2O4.C23H26ClN3O4.C21H20ClN3O6/c1-31(18-19-8-5-4-6-9-19)13-7-10-21-14-20(15-25(34-2)26(21)35-3)17-29-30-27(33)22-11-12-24(32)23(28)16-22;1-31-23-14-18(16-27-28-25(30)20-11-12-22(29)21(26)15-20)13-19(24(23)32-2)10-6-9-17-7-4-3-5-8-17;1-5-27(6-2)11-7-8-17-12-16(13-21(30-3)22(17)31-4)15-25-26-23(29)18-9-10-20(28)19(24)14-18;1-30-18-9-12(8-13(19(18)31-2)4-3-5-16(23)21(28)29)11-24-25-20(27)14-6-7-17(26)15(22)10-14/h4-6,8-9,11-12,14-17,32H,13,18H2,1-3H3,(H,30,33);3-5,7-8,11-16,29H,9H2,1-2H3,(H,28,30);9-10,12-15,28H,5-6,11H2,1-4H3,(H,26,29);6-11,16,26H,5,23H2,1-2H3,(H,25,27)(H,28,29)/b29-17+;27-16+;25-15+;24-11+. The number of carbonyl (C=O) groups is 5. The first-order valence-corrected chi connectivity index (χ1v) is 40.4. The lowest BCUT2D eigenvalue weighted by Crippen LogP contribution is -2.29. The number of amides is 4. The van der Waals surface area contributed by atoms with E-state index in [0.29, 0.717) is 110 Å². The molecule has 29 nitrogen and oxygen atoms in total. The number of halogens is 4. The van der Waals surface area contributed by atoms with Gasteiger partial charge in [-0.1, -0.05) is 168 Å². The molecule has 10 aromatic carbocycles. The fraction of sp³-hybridized carbons (Fsp3) is 0.198. The number of rotatable bonds is 29. The molecule has 0 aliphatic rings. The van der Waals surface area contributed by atoms with Gasteiger partial charge in [0.2, 0.25) is 0 Å². The van der Waals surface area contributed by atoms with Gasteiger partial charge in [-0.15, -0.1) is 0 Å². The predicted octanol–water partition coefficient (Wildman–Crippen LogP) is 14.2. The topological polar surface area (TPSA) is 390 Å². The summed E-state index contributed by atoms with van der Waals surface area (Å²) >= 11 is 23.3. The number of carbonyl (C=O) groups excluding carboxylic acids is 4. The van der Waals surface area contributed by atoms with E-state index in [0.717, 1.165) is 25.2 Å². The molecule has 0 saturated carbocycles. The van der Waals surface area contributed by atoms with Gasteiger partial charge in [-0.05, 0) is 175 Å². The summed E-state index contributed by atoms with van der Waals surface area (Å²) in [5.41, 5.74) is 23.3. The molecule has 668 valence electrons. The molecule has 0 fully saturated rings. The van der Waals surface area contributed by atoms with E-state index in [2.05, 4.69) is 125 Å². The van der Waals surface area contributed by atoms with Crippen molar-refractivity contribution in [2.24, 2.45) is 26.1 Å². The van der Waals surface area contributed by atoms with Crippen molar-refractivity contribution in [3.05, 3.63) is 280 Å². The number of carboxylic acids is 1. The van der Waals surface area contributed by atoms with Gasteiger partial charge in [0.1, 0.15) is 29.0 Å². The summed E-state index contributed by atoms with van der Waals surface area (Å²) in [4.78, 5) is 64.0. The molecule has 0 saturated heterocycles. The molecule has 10 rings (SSSR count). The Bertz CT molecular complexity index is 5990. The Morgan fingerprint density at radius 1 is 0.395 bits per heavy atom. The molecule has 33 heteroatoms. The van der Waals surface area contributed by atoms with E-state index in [1.807, 2.05) is 61.6 Å². The number of ether oxygens (including phenoxy) is 8. The molecule has 0 heterocycles. The molecule has 0 radical (unpaired) electrons. The Morgan fingerprint density at radius 3 is 0.961 bits per heavy atom. The van der Waals surface area contributed by atoms with Crippen molar-refractivity contribution in [2.75, 3.05) is 90.1 Å². The molecule has 1 atom stereocenters. The molecule has 10 aromatic rings. The summed E-state index contributed by atoms with van der Waals surface area (Å²) in [5, 5.41) is 62.9. The number of benzene rings is 10. The molecule has 0 aliphatic carbocycles. The van der Waals surface area contributed by atoms with Crippen molar-refractivity contribution in [1.29, 1.82) is 0 Å². The van der Waals surface area contributed by atoms with E-state index < -0.39 is 35.6 Å². The van der Waals surface area contributed by atoms with Crippen LogP contribution in [0.1, 0.15) is 117 Å². The summed E-state index contributed by atoms with van der Waals surface area (Å²) in [6, 6.07) is 49.4. The minimum Gasteiger partial charge on any atom is -0.506 e. The number of nitrogens with one attached hydrogen (secondary N) is 4. The summed E-state index contributed by atoms with van der Waals surface area (Å²) in [6.07, 6.45) is 6.35. The Hall–Kier alpha value is -14.9. The van der Waals surface area contributed by atoms with Crippen LogP contribution in [-0.2, 0) is 17.8 Å². The number of hydrogen-bond donors (Lipinski definition) is 10. The minimum absolute atomic E-state index is 0.0438. The first-order valence-electron chi connectivity index (χ1n) is 38.9. The van der Waals surface area contributed by atoms with E-state index >= 15 is 0 Å². The fourth-order valence-corrected chi connectivity index (χ4v) is 11.9. The maximum atomic E-state index is 12.3. The number of phenols is 4. The zero-order chi connectivity index (χ0) is 93.9. The van der Waals surface area contributed by atoms with Gasteiger partial charge in [0.15, 0.2) is 46.0 Å². The van der Waals surface area contributed by atoms with Crippen molar-refractivity contribution in [3.63, 3.8) is 0 Å². The molecule has 11 N–H and O–H groups in total. The normalized spacial score (nSPS) is 10.7. The Morgan fingerprint density at radius 2 is 0.682 bits per heavy atom.